The molecule has 0 bridgehead atoms. The lowest BCUT2D eigenvalue weighted by atomic mass is 10.3. The molecule has 0 fully saturated rings. The van der Waals surface area contributed by atoms with E-state index in [-0.39, 0.29) is 5.03 Å². The monoisotopic (exact) mass is 175 g/mol. The van der Waals surface area contributed by atoms with Crippen molar-refractivity contribution < 1.29 is 9.53 Å². The fourth-order valence-electron chi connectivity index (χ4n) is 0.522. The van der Waals surface area contributed by atoms with E-state index in [2.05, 4.69) is 13.5 Å². The maximum Gasteiger partial charge on any atom is 0.349 e. The normalized spacial score (nSPS) is 9.27. The Morgan fingerprint density at radius 2 is 2.09 bits per heavy atom. The lowest BCUT2D eigenvalue weighted by Crippen LogP contribution is -2.04. The van der Waals surface area contributed by atoms with Gasteiger partial charge in [-0.05, 0) is 6.42 Å². The number of ether oxygens (including phenoxy) is 1. The molecular formula is C8H12ClO2. The lowest BCUT2D eigenvalue weighted by molar-refractivity contribution is -0.138. The Morgan fingerprint density at radius 1 is 1.45 bits per heavy atom. The number of carbonyl (C=O) groups excluding carboxylic acids is 1. The summed E-state index contributed by atoms with van der Waals surface area (Å²) in [6.07, 6.45) is 2.65. The van der Waals surface area contributed by atoms with Crippen molar-refractivity contribution in [1.29, 1.82) is 0 Å². The second-order valence-electron chi connectivity index (χ2n) is 2.10. The van der Waals surface area contributed by atoms with E-state index < -0.39 is 5.97 Å². The van der Waals surface area contributed by atoms with E-state index in [1.165, 1.54) is 0 Å². The Kier molecular flexibility index (Phi) is 5.94. The summed E-state index contributed by atoms with van der Waals surface area (Å²) in [4.78, 5) is 10.6. The highest BCUT2D eigenvalue weighted by Crippen LogP contribution is 2.01. The summed E-state index contributed by atoms with van der Waals surface area (Å²) in [5, 5.41) is -0.0698. The van der Waals surface area contributed by atoms with Crippen LogP contribution in [0.4, 0.5) is 0 Å². The largest absolute Gasteiger partial charge is 0.461 e. The summed E-state index contributed by atoms with van der Waals surface area (Å²) in [6, 6.07) is 0. The van der Waals surface area contributed by atoms with Crippen molar-refractivity contribution in [3.8, 4) is 0 Å². The van der Waals surface area contributed by atoms with Crippen LogP contribution in [0.25, 0.3) is 0 Å². The minimum absolute atomic E-state index is 0.0698. The third kappa shape index (κ3) is 5.92. The van der Waals surface area contributed by atoms with E-state index in [1.54, 1.807) is 0 Å². The molecule has 0 heterocycles. The highest BCUT2D eigenvalue weighted by Gasteiger charge is 2.03. The van der Waals surface area contributed by atoms with Gasteiger partial charge in [-0.1, -0.05) is 37.9 Å². The first-order valence-electron chi connectivity index (χ1n) is 3.49. The maximum absolute atomic E-state index is 10.6. The van der Waals surface area contributed by atoms with Crippen molar-refractivity contribution in [2.45, 2.75) is 19.3 Å². The molecule has 0 aliphatic heterocycles. The Morgan fingerprint density at radius 3 is 2.55 bits per heavy atom. The van der Waals surface area contributed by atoms with Crippen molar-refractivity contribution in [2.24, 2.45) is 0 Å². The average Bonchev–Trinajstić information content (AvgIpc) is 1.97. The fourth-order valence-corrected chi connectivity index (χ4v) is 0.577. The summed E-state index contributed by atoms with van der Waals surface area (Å²) in [7, 11) is 0. The van der Waals surface area contributed by atoms with Gasteiger partial charge in [0, 0.05) is 0 Å². The molecule has 0 saturated carbocycles. The smallest absolute Gasteiger partial charge is 0.349 e. The molecule has 0 aliphatic rings. The highest BCUT2D eigenvalue weighted by atomic mass is 35.5. The SMILES string of the molecule is [CH2]CCCCOC(=O)C(=C)Cl. The molecule has 0 rings (SSSR count). The average molecular weight is 176 g/mol. The van der Waals surface area contributed by atoms with Crippen LogP contribution < -0.4 is 0 Å². The zero-order chi connectivity index (χ0) is 8.69. The molecule has 2 nitrogen and oxygen atoms in total. The Balaban J connectivity index is 3.25. The predicted molar refractivity (Wildman–Crippen MR) is 45.2 cm³/mol. The standard InChI is InChI=1S/C8H12ClO2/c1-3-4-5-6-11-8(10)7(2)9/h1-6H2. The summed E-state index contributed by atoms with van der Waals surface area (Å²) < 4.78 is 4.71. The van der Waals surface area contributed by atoms with Crippen molar-refractivity contribution >= 4 is 17.6 Å². The molecule has 0 aromatic heterocycles. The number of esters is 1. The molecule has 0 amide bonds. The summed E-state index contributed by atoms with van der Waals surface area (Å²) in [6.45, 7) is 7.29. The minimum Gasteiger partial charge on any atom is -0.461 e. The third-order valence-electron chi connectivity index (χ3n) is 1.10. The summed E-state index contributed by atoms with van der Waals surface area (Å²) in [5.74, 6) is -0.532. The molecule has 0 aliphatic carbocycles. The van der Waals surface area contributed by atoms with Gasteiger partial charge in [0.1, 0.15) is 5.03 Å². The molecule has 0 aromatic rings. The molecular weight excluding hydrogens is 164 g/mol. The van der Waals surface area contributed by atoms with Gasteiger partial charge in [-0.25, -0.2) is 4.79 Å². The Bertz CT molecular complexity index is 143. The molecule has 1 radical (unpaired) electrons. The molecule has 0 saturated heterocycles. The molecule has 63 valence electrons. The van der Waals surface area contributed by atoms with Crippen molar-refractivity contribution in [1.82, 2.24) is 0 Å². The van der Waals surface area contributed by atoms with Crippen LogP contribution in [0.3, 0.4) is 0 Å². The summed E-state index contributed by atoms with van der Waals surface area (Å²) in [5.41, 5.74) is 0. The van der Waals surface area contributed by atoms with Gasteiger partial charge in [0.2, 0.25) is 0 Å². The predicted octanol–water partition coefficient (Wildman–Crippen LogP) is 2.29. The van der Waals surface area contributed by atoms with Gasteiger partial charge in [0.05, 0.1) is 6.61 Å². The molecule has 0 spiro atoms. The molecule has 0 unspecified atom stereocenters. The first-order valence-corrected chi connectivity index (χ1v) is 3.87. The third-order valence-corrected chi connectivity index (χ3v) is 1.25. The topological polar surface area (TPSA) is 26.3 Å². The van der Waals surface area contributed by atoms with E-state index in [0.29, 0.717) is 6.61 Å². The number of carbonyl (C=O) groups is 1. The van der Waals surface area contributed by atoms with E-state index >= 15 is 0 Å². The van der Waals surface area contributed by atoms with Crippen LogP contribution in [0.15, 0.2) is 11.6 Å². The molecule has 0 N–H and O–H groups in total. The Hall–Kier alpha value is -0.500. The second kappa shape index (κ2) is 6.23. The highest BCUT2D eigenvalue weighted by molar-refractivity contribution is 6.40. The first kappa shape index (κ1) is 10.5. The number of halogens is 1. The van der Waals surface area contributed by atoms with Crippen molar-refractivity contribution in [2.75, 3.05) is 6.61 Å². The fraction of sp³-hybridized carbons (Fsp3) is 0.500. The first-order chi connectivity index (χ1) is 5.18. The van der Waals surface area contributed by atoms with Gasteiger partial charge >= 0.3 is 5.97 Å². The molecule has 0 aromatic carbocycles. The van der Waals surface area contributed by atoms with Gasteiger partial charge < -0.3 is 4.74 Å². The van der Waals surface area contributed by atoms with Crippen LogP contribution in [0.1, 0.15) is 19.3 Å². The van der Waals surface area contributed by atoms with Crippen LogP contribution in [-0.4, -0.2) is 12.6 Å². The van der Waals surface area contributed by atoms with Crippen molar-refractivity contribution in [3.05, 3.63) is 18.5 Å². The second-order valence-corrected chi connectivity index (χ2v) is 2.56. The Labute approximate surface area is 72.2 Å². The van der Waals surface area contributed by atoms with Crippen LogP contribution >= 0.6 is 11.6 Å². The number of unbranched alkanes of at least 4 members (excludes halogenated alkanes) is 2. The van der Waals surface area contributed by atoms with Crippen LogP contribution in [-0.2, 0) is 9.53 Å². The zero-order valence-electron chi connectivity index (χ0n) is 6.44. The number of rotatable bonds is 5. The van der Waals surface area contributed by atoms with Gasteiger partial charge in [-0.15, -0.1) is 0 Å². The molecule has 11 heavy (non-hydrogen) atoms. The molecule has 3 heteroatoms. The lowest BCUT2D eigenvalue weighted by Gasteiger charge is -2.01. The minimum atomic E-state index is -0.532. The van der Waals surface area contributed by atoms with Gasteiger partial charge in [-0.2, -0.15) is 0 Å². The van der Waals surface area contributed by atoms with E-state index in [9.17, 15) is 4.79 Å². The van der Waals surface area contributed by atoms with Gasteiger partial charge in [0.25, 0.3) is 0 Å². The number of hydrogen-bond acceptors (Lipinski definition) is 2. The van der Waals surface area contributed by atoms with E-state index in [0.717, 1.165) is 19.3 Å². The quantitative estimate of drug-likeness (QED) is 0.364. The van der Waals surface area contributed by atoms with Gasteiger partial charge in [0.15, 0.2) is 0 Å². The van der Waals surface area contributed by atoms with E-state index in [1.807, 2.05) is 0 Å². The van der Waals surface area contributed by atoms with Gasteiger partial charge in [-0.3, -0.25) is 0 Å². The maximum atomic E-state index is 10.6. The molecule has 0 atom stereocenters. The zero-order valence-corrected chi connectivity index (χ0v) is 7.19. The number of hydrogen-bond donors (Lipinski definition) is 0. The van der Waals surface area contributed by atoms with Crippen LogP contribution in [0.5, 0.6) is 0 Å². The van der Waals surface area contributed by atoms with Crippen molar-refractivity contribution in [3.63, 3.8) is 0 Å². The van der Waals surface area contributed by atoms with E-state index in [4.69, 9.17) is 16.3 Å². The summed E-state index contributed by atoms with van der Waals surface area (Å²) >= 11 is 5.26. The van der Waals surface area contributed by atoms with Crippen LogP contribution in [0, 0.1) is 6.92 Å². The van der Waals surface area contributed by atoms with Crippen LogP contribution in [0.2, 0.25) is 0 Å².